The Bertz CT molecular complexity index is 402. The third-order valence-corrected chi connectivity index (χ3v) is 3.48. The Morgan fingerprint density at radius 2 is 2.45 bits per heavy atom. The van der Waals surface area contributed by atoms with Gasteiger partial charge in [0.25, 0.3) is 0 Å². The minimum absolute atomic E-state index is 0.208. The molecule has 3 atom stereocenters. The van der Waals surface area contributed by atoms with Gasteiger partial charge < -0.3 is 10.1 Å². The zero-order valence-electron chi connectivity index (χ0n) is 12.5. The zero-order valence-corrected chi connectivity index (χ0v) is 12.5. The number of carbonyl (C=O) groups is 1. The first-order valence-corrected chi connectivity index (χ1v) is 7.16. The molecule has 0 radical (unpaired) electrons. The molecule has 1 rings (SSSR count). The molecule has 3 unspecified atom stereocenters. The van der Waals surface area contributed by atoms with Crippen molar-refractivity contribution in [1.82, 2.24) is 5.32 Å². The first-order chi connectivity index (χ1) is 9.58. The summed E-state index contributed by atoms with van der Waals surface area (Å²) < 4.78 is 5.16. The van der Waals surface area contributed by atoms with Gasteiger partial charge in [0.1, 0.15) is 6.04 Å². The number of allylic oxidation sites excluding steroid dienone is 2. The molecule has 112 valence electrons. The van der Waals surface area contributed by atoms with Gasteiger partial charge in [0.15, 0.2) is 0 Å². The molecule has 0 aliphatic heterocycles. The third-order valence-electron chi connectivity index (χ3n) is 3.48. The monoisotopic (exact) mass is 280 g/mol. The van der Waals surface area contributed by atoms with Crippen LogP contribution in [0.2, 0.25) is 0 Å². The maximum absolute atomic E-state index is 12.1. The van der Waals surface area contributed by atoms with Crippen molar-refractivity contribution >= 4 is 5.97 Å². The highest BCUT2D eigenvalue weighted by atomic mass is 16.5. The predicted octanol–water partition coefficient (Wildman–Crippen LogP) is 2.81. The number of hydrogen-bond acceptors (Lipinski definition) is 4. The molecule has 1 aliphatic carbocycles. The lowest BCUT2D eigenvalue weighted by Crippen LogP contribution is -2.46. The highest BCUT2D eigenvalue weighted by Gasteiger charge is 2.31. The fraction of sp³-hybridized carbons (Fsp3) is 0.786. The molecular weight excluding hydrogens is 256 g/mol. The van der Waals surface area contributed by atoms with Gasteiger partial charge in [-0.2, -0.15) is 0 Å². The number of azide groups is 1. The minimum Gasteiger partial charge on any atom is -0.465 e. The Hall–Kier alpha value is -1.52. The minimum atomic E-state index is -0.324. The van der Waals surface area contributed by atoms with E-state index in [2.05, 4.69) is 35.3 Å². The van der Waals surface area contributed by atoms with Crippen LogP contribution in [-0.4, -0.2) is 31.7 Å². The molecule has 0 heterocycles. The van der Waals surface area contributed by atoms with Crippen LogP contribution >= 0.6 is 0 Å². The second kappa shape index (κ2) is 8.61. The second-order valence-corrected chi connectivity index (χ2v) is 5.33. The Kier molecular flexibility index (Phi) is 7.12. The fourth-order valence-electron chi connectivity index (χ4n) is 2.84. The summed E-state index contributed by atoms with van der Waals surface area (Å²) in [7, 11) is 0. The van der Waals surface area contributed by atoms with E-state index in [1.165, 1.54) is 5.57 Å². The number of esters is 1. The summed E-state index contributed by atoms with van der Waals surface area (Å²) in [4.78, 5) is 14.8. The number of carbonyl (C=O) groups excluding carboxylic acids is 1. The van der Waals surface area contributed by atoms with Crippen LogP contribution in [0.5, 0.6) is 0 Å². The van der Waals surface area contributed by atoms with E-state index in [1.807, 2.05) is 6.92 Å². The van der Waals surface area contributed by atoms with E-state index in [0.717, 1.165) is 12.8 Å². The first kappa shape index (κ1) is 16.5. The van der Waals surface area contributed by atoms with E-state index in [0.29, 0.717) is 25.6 Å². The van der Waals surface area contributed by atoms with Crippen LogP contribution < -0.4 is 5.32 Å². The number of rotatable bonds is 7. The maximum atomic E-state index is 12.1. The summed E-state index contributed by atoms with van der Waals surface area (Å²) in [6.07, 6.45) is 4.14. The summed E-state index contributed by atoms with van der Waals surface area (Å²) >= 11 is 0. The average Bonchev–Trinajstić information content (AvgIpc) is 2.37. The predicted molar refractivity (Wildman–Crippen MR) is 78.1 cm³/mol. The van der Waals surface area contributed by atoms with Gasteiger partial charge in [-0.3, -0.25) is 4.79 Å². The van der Waals surface area contributed by atoms with E-state index >= 15 is 0 Å². The van der Waals surface area contributed by atoms with Crippen molar-refractivity contribution in [3.05, 3.63) is 22.1 Å². The molecule has 6 heteroatoms. The first-order valence-electron chi connectivity index (χ1n) is 7.16. The van der Waals surface area contributed by atoms with Gasteiger partial charge in [-0.1, -0.05) is 23.7 Å². The van der Waals surface area contributed by atoms with Crippen LogP contribution in [0.1, 0.15) is 33.6 Å². The Balaban J connectivity index is 2.68. The van der Waals surface area contributed by atoms with Crippen molar-refractivity contribution in [3.63, 3.8) is 0 Å². The van der Waals surface area contributed by atoms with Gasteiger partial charge in [-0.25, -0.2) is 0 Å². The normalized spacial score (nSPS) is 23.4. The molecule has 6 nitrogen and oxygen atoms in total. The van der Waals surface area contributed by atoms with E-state index in [4.69, 9.17) is 10.3 Å². The summed E-state index contributed by atoms with van der Waals surface area (Å²) in [5, 5.41) is 6.66. The second-order valence-electron chi connectivity index (χ2n) is 5.33. The van der Waals surface area contributed by atoms with Gasteiger partial charge in [0.05, 0.1) is 6.61 Å². The SMILES string of the molecule is CCOC(=O)C(NCCN=[N+]=[N-])C1CC(C)=CC(C)C1. The number of ether oxygens (including phenoxy) is 1. The molecule has 0 aromatic heterocycles. The van der Waals surface area contributed by atoms with Crippen molar-refractivity contribution in [1.29, 1.82) is 0 Å². The van der Waals surface area contributed by atoms with E-state index in [1.54, 1.807) is 0 Å². The zero-order chi connectivity index (χ0) is 15.0. The Labute approximate surface area is 120 Å². The third kappa shape index (κ3) is 5.23. The number of nitrogens with one attached hydrogen (secondary N) is 1. The molecule has 1 aliphatic rings. The quantitative estimate of drug-likeness (QED) is 0.194. The average molecular weight is 280 g/mol. The summed E-state index contributed by atoms with van der Waals surface area (Å²) in [5.74, 6) is 0.505. The molecule has 0 bridgehead atoms. The van der Waals surface area contributed by atoms with Crippen LogP contribution in [0.25, 0.3) is 10.4 Å². The van der Waals surface area contributed by atoms with Crippen molar-refractivity contribution in [3.8, 4) is 0 Å². The lowest BCUT2D eigenvalue weighted by Gasteiger charge is -2.31. The standard InChI is InChI=1S/C14H24N4O2/c1-4-20-14(19)13(16-5-6-17-18-15)12-8-10(2)7-11(3)9-12/h7,10,12-13,16H,4-6,8-9H2,1-3H3. The molecule has 0 saturated heterocycles. The van der Waals surface area contributed by atoms with Crippen LogP contribution in [0, 0.1) is 11.8 Å². The lowest BCUT2D eigenvalue weighted by atomic mass is 9.79. The Morgan fingerprint density at radius 1 is 1.70 bits per heavy atom. The van der Waals surface area contributed by atoms with Crippen molar-refractivity contribution in [2.45, 2.75) is 39.7 Å². The molecule has 0 saturated carbocycles. The topological polar surface area (TPSA) is 87.1 Å². The highest BCUT2D eigenvalue weighted by molar-refractivity contribution is 5.76. The smallest absolute Gasteiger partial charge is 0.323 e. The van der Waals surface area contributed by atoms with Gasteiger partial charge in [-0.15, -0.1) is 0 Å². The largest absolute Gasteiger partial charge is 0.465 e. The lowest BCUT2D eigenvalue weighted by molar-refractivity contribution is -0.147. The van der Waals surface area contributed by atoms with E-state index < -0.39 is 0 Å². The van der Waals surface area contributed by atoms with Crippen LogP contribution in [0.4, 0.5) is 0 Å². The van der Waals surface area contributed by atoms with Gasteiger partial charge in [0, 0.05) is 18.0 Å². The molecule has 0 amide bonds. The van der Waals surface area contributed by atoms with Crippen molar-refractivity contribution in [2.75, 3.05) is 19.7 Å². The number of nitrogens with zero attached hydrogens (tertiary/aromatic N) is 3. The molecular formula is C14H24N4O2. The number of hydrogen-bond donors (Lipinski definition) is 1. The molecule has 20 heavy (non-hydrogen) atoms. The van der Waals surface area contributed by atoms with E-state index in [-0.39, 0.29) is 17.9 Å². The molecule has 0 aromatic carbocycles. The fourth-order valence-corrected chi connectivity index (χ4v) is 2.84. The van der Waals surface area contributed by atoms with Gasteiger partial charge in [-0.05, 0) is 44.1 Å². The molecule has 0 spiro atoms. The maximum Gasteiger partial charge on any atom is 0.323 e. The van der Waals surface area contributed by atoms with Crippen molar-refractivity contribution < 1.29 is 9.53 Å². The van der Waals surface area contributed by atoms with Crippen molar-refractivity contribution in [2.24, 2.45) is 17.0 Å². The molecule has 1 N–H and O–H groups in total. The van der Waals surface area contributed by atoms with Gasteiger partial charge >= 0.3 is 5.97 Å². The summed E-state index contributed by atoms with van der Waals surface area (Å²) in [5.41, 5.74) is 9.59. The van der Waals surface area contributed by atoms with Crippen LogP contribution in [0.15, 0.2) is 16.8 Å². The summed E-state index contributed by atoms with van der Waals surface area (Å²) in [6, 6.07) is -0.324. The van der Waals surface area contributed by atoms with E-state index in [9.17, 15) is 4.79 Å². The Morgan fingerprint density at radius 3 is 3.05 bits per heavy atom. The molecule has 0 fully saturated rings. The summed E-state index contributed by atoms with van der Waals surface area (Å²) in [6.45, 7) is 7.28. The molecule has 0 aromatic rings. The van der Waals surface area contributed by atoms with Crippen LogP contribution in [0.3, 0.4) is 0 Å². The van der Waals surface area contributed by atoms with Gasteiger partial charge in [0.2, 0.25) is 0 Å². The highest BCUT2D eigenvalue weighted by Crippen LogP contribution is 2.30. The van der Waals surface area contributed by atoms with Crippen LogP contribution in [-0.2, 0) is 9.53 Å².